The Balaban J connectivity index is 1.84. The molecule has 0 aliphatic heterocycles. The number of hydrogen-bond acceptors (Lipinski definition) is 3. The number of pyridine rings is 1. The smallest absolute Gasteiger partial charge is 0.305 e. The number of esters is 1. The number of rotatable bonds is 11. The average Bonchev–Trinajstić information content (AvgIpc) is 2.47. The second kappa shape index (κ2) is 11.4. The first kappa shape index (κ1) is 16.7. The number of hydrogen-bond donors (Lipinski definition) is 0. The Morgan fingerprint density at radius 1 is 1.10 bits per heavy atom. The lowest BCUT2D eigenvalue weighted by atomic mass is 10.1. The topological polar surface area (TPSA) is 39.2 Å². The summed E-state index contributed by atoms with van der Waals surface area (Å²) in [6.45, 7) is 2.35. The summed E-state index contributed by atoms with van der Waals surface area (Å²) in [5.41, 5.74) is 1.34. The normalized spacial score (nSPS) is 10.4. The third-order valence-electron chi connectivity index (χ3n) is 3.37. The quantitative estimate of drug-likeness (QED) is 0.447. The minimum absolute atomic E-state index is 0.0519. The maximum atomic E-state index is 11.1. The van der Waals surface area contributed by atoms with Crippen molar-refractivity contribution in [1.82, 2.24) is 4.98 Å². The van der Waals surface area contributed by atoms with Gasteiger partial charge in [-0.05, 0) is 37.8 Å². The fraction of sp³-hybridized carbons (Fsp3) is 0.647. The molecular weight excluding hydrogens is 250 g/mol. The molecule has 0 N–H and O–H groups in total. The minimum atomic E-state index is -0.0519. The van der Waals surface area contributed by atoms with Crippen LogP contribution in [-0.4, -0.2) is 17.6 Å². The van der Waals surface area contributed by atoms with Crippen molar-refractivity contribution in [2.75, 3.05) is 6.61 Å². The second-order valence-corrected chi connectivity index (χ2v) is 5.14. The predicted octanol–water partition coefficient (Wildman–Crippen LogP) is 4.31. The van der Waals surface area contributed by atoms with Gasteiger partial charge in [-0.25, -0.2) is 0 Å². The molecule has 3 nitrogen and oxygen atoms in total. The molecule has 0 saturated carbocycles. The Bertz CT molecular complexity index is 351. The van der Waals surface area contributed by atoms with Crippen LogP contribution in [0.2, 0.25) is 0 Å². The third-order valence-corrected chi connectivity index (χ3v) is 3.37. The van der Waals surface area contributed by atoms with Crippen molar-refractivity contribution in [3.63, 3.8) is 0 Å². The molecule has 0 saturated heterocycles. The molecule has 0 bridgehead atoms. The summed E-state index contributed by atoms with van der Waals surface area (Å²) < 4.78 is 4.90. The van der Waals surface area contributed by atoms with Gasteiger partial charge in [-0.15, -0.1) is 0 Å². The van der Waals surface area contributed by atoms with Gasteiger partial charge in [-0.2, -0.15) is 0 Å². The number of carbonyl (C=O) groups is 1. The highest BCUT2D eigenvalue weighted by atomic mass is 16.5. The van der Waals surface area contributed by atoms with Gasteiger partial charge in [0.15, 0.2) is 0 Å². The van der Waals surface area contributed by atoms with Gasteiger partial charge in [0, 0.05) is 18.8 Å². The number of carbonyl (C=O) groups excluding carboxylic acids is 1. The van der Waals surface area contributed by atoms with Crippen molar-refractivity contribution in [3.05, 3.63) is 30.1 Å². The summed E-state index contributed by atoms with van der Waals surface area (Å²) >= 11 is 0. The molecule has 0 unspecified atom stereocenters. The largest absolute Gasteiger partial charge is 0.466 e. The highest BCUT2D eigenvalue weighted by Crippen LogP contribution is 2.11. The highest BCUT2D eigenvalue weighted by Gasteiger charge is 2.00. The predicted molar refractivity (Wildman–Crippen MR) is 81.5 cm³/mol. The Morgan fingerprint density at radius 2 is 1.80 bits per heavy atom. The third kappa shape index (κ3) is 8.68. The zero-order valence-electron chi connectivity index (χ0n) is 12.6. The Labute approximate surface area is 122 Å². The van der Waals surface area contributed by atoms with Crippen LogP contribution in [-0.2, 0) is 16.0 Å². The van der Waals surface area contributed by atoms with Crippen molar-refractivity contribution in [2.24, 2.45) is 0 Å². The van der Waals surface area contributed by atoms with E-state index in [2.05, 4.69) is 11.1 Å². The van der Waals surface area contributed by atoms with Gasteiger partial charge in [0.1, 0.15) is 0 Å². The van der Waals surface area contributed by atoms with Crippen molar-refractivity contribution in [3.8, 4) is 0 Å². The van der Waals surface area contributed by atoms with Crippen LogP contribution < -0.4 is 0 Å². The van der Waals surface area contributed by atoms with Crippen LogP contribution in [0.15, 0.2) is 24.5 Å². The Kier molecular flexibility index (Phi) is 9.54. The van der Waals surface area contributed by atoms with Crippen molar-refractivity contribution in [2.45, 2.75) is 64.7 Å². The van der Waals surface area contributed by atoms with Crippen LogP contribution in [0.4, 0.5) is 0 Å². The molecule has 1 heterocycles. The summed E-state index contributed by atoms with van der Waals surface area (Å²) in [6, 6.07) is 4.14. The molecule has 0 radical (unpaired) electrons. The summed E-state index contributed by atoms with van der Waals surface area (Å²) in [5.74, 6) is -0.0519. The van der Waals surface area contributed by atoms with E-state index in [1.165, 1.54) is 37.7 Å². The molecule has 0 aliphatic carbocycles. The van der Waals surface area contributed by atoms with Gasteiger partial charge in [0.2, 0.25) is 0 Å². The first-order valence-corrected chi connectivity index (χ1v) is 7.87. The van der Waals surface area contributed by atoms with E-state index in [1.807, 2.05) is 25.4 Å². The van der Waals surface area contributed by atoms with Crippen LogP contribution in [0.25, 0.3) is 0 Å². The number of aryl methyl sites for hydroxylation is 1. The van der Waals surface area contributed by atoms with Gasteiger partial charge in [0.05, 0.1) is 6.61 Å². The molecule has 0 aromatic carbocycles. The number of unbranched alkanes of at least 4 members (excludes halogenated alkanes) is 6. The SMILES string of the molecule is CCOC(=O)CCCCCCCCCc1cccnc1. The van der Waals surface area contributed by atoms with Crippen molar-refractivity contribution < 1.29 is 9.53 Å². The van der Waals surface area contributed by atoms with Gasteiger partial charge >= 0.3 is 5.97 Å². The van der Waals surface area contributed by atoms with E-state index in [0.29, 0.717) is 13.0 Å². The van der Waals surface area contributed by atoms with Crippen LogP contribution in [0, 0.1) is 0 Å². The lowest BCUT2D eigenvalue weighted by molar-refractivity contribution is -0.143. The molecule has 1 aromatic heterocycles. The van der Waals surface area contributed by atoms with E-state index in [1.54, 1.807) is 0 Å². The maximum Gasteiger partial charge on any atom is 0.305 e. The molecule has 0 amide bonds. The minimum Gasteiger partial charge on any atom is -0.466 e. The van der Waals surface area contributed by atoms with Gasteiger partial charge < -0.3 is 4.74 Å². The van der Waals surface area contributed by atoms with Crippen LogP contribution in [0.1, 0.15) is 63.9 Å². The van der Waals surface area contributed by atoms with E-state index in [-0.39, 0.29) is 5.97 Å². The summed E-state index contributed by atoms with van der Waals surface area (Å²) in [4.78, 5) is 15.2. The van der Waals surface area contributed by atoms with Gasteiger partial charge in [0.25, 0.3) is 0 Å². The number of nitrogens with zero attached hydrogens (tertiary/aromatic N) is 1. The first-order chi connectivity index (χ1) is 9.83. The van der Waals surface area contributed by atoms with Crippen molar-refractivity contribution >= 4 is 5.97 Å². The molecule has 1 rings (SSSR count). The maximum absolute atomic E-state index is 11.1. The van der Waals surface area contributed by atoms with Crippen LogP contribution in [0.3, 0.4) is 0 Å². The highest BCUT2D eigenvalue weighted by molar-refractivity contribution is 5.69. The number of ether oxygens (including phenoxy) is 1. The Hall–Kier alpha value is -1.38. The molecular formula is C17H27NO2. The lowest BCUT2D eigenvalue weighted by Gasteiger charge is -2.03. The summed E-state index contributed by atoms with van der Waals surface area (Å²) in [6.07, 6.45) is 13.9. The molecule has 1 aromatic rings. The fourth-order valence-electron chi connectivity index (χ4n) is 2.26. The van der Waals surface area contributed by atoms with Gasteiger partial charge in [-0.1, -0.05) is 38.2 Å². The van der Waals surface area contributed by atoms with Crippen molar-refractivity contribution in [1.29, 1.82) is 0 Å². The van der Waals surface area contributed by atoms with Gasteiger partial charge in [-0.3, -0.25) is 9.78 Å². The zero-order chi connectivity index (χ0) is 14.5. The average molecular weight is 277 g/mol. The van der Waals surface area contributed by atoms with E-state index >= 15 is 0 Å². The van der Waals surface area contributed by atoms with Crippen LogP contribution >= 0.6 is 0 Å². The monoisotopic (exact) mass is 277 g/mol. The zero-order valence-corrected chi connectivity index (χ0v) is 12.6. The van der Waals surface area contributed by atoms with E-state index < -0.39 is 0 Å². The molecule has 3 heteroatoms. The molecule has 112 valence electrons. The first-order valence-electron chi connectivity index (χ1n) is 7.87. The summed E-state index contributed by atoms with van der Waals surface area (Å²) in [5, 5.41) is 0. The summed E-state index contributed by atoms with van der Waals surface area (Å²) in [7, 11) is 0. The van der Waals surface area contributed by atoms with E-state index in [4.69, 9.17) is 4.74 Å². The van der Waals surface area contributed by atoms with E-state index in [9.17, 15) is 4.79 Å². The standard InChI is InChI=1S/C17H27NO2/c1-2-20-17(19)13-9-7-5-3-4-6-8-11-16-12-10-14-18-15-16/h10,12,14-15H,2-9,11,13H2,1H3. The molecule has 0 spiro atoms. The second-order valence-electron chi connectivity index (χ2n) is 5.14. The molecule has 0 atom stereocenters. The van der Waals surface area contributed by atoms with Crippen LogP contribution in [0.5, 0.6) is 0 Å². The lowest BCUT2D eigenvalue weighted by Crippen LogP contribution is -2.03. The molecule has 0 fully saturated rings. The number of aromatic nitrogens is 1. The molecule has 20 heavy (non-hydrogen) atoms. The van der Waals surface area contributed by atoms with E-state index in [0.717, 1.165) is 19.3 Å². The Morgan fingerprint density at radius 3 is 2.45 bits per heavy atom. The fourth-order valence-corrected chi connectivity index (χ4v) is 2.26. The molecule has 0 aliphatic rings.